The predicted molar refractivity (Wildman–Crippen MR) is 96.0 cm³/mol. The number of carbonyl (C=O) groups is 1. The molecule has 0 aromatic heterocycles. The van der Waals surface area contributed by atoms with Crippen molar-refractivity contribution in [3.05, 3.63) is 60.2 Å². The lowest BCUT2D eigenvalue weighted by Gasteiger charge is -2.11. The number of nitrogens with two attached hydrogens (primary N) is 1. The second-order valence-electron chi connectivity index (χ2n) is 5.42. The van der Waals surface area contributed by atoms with E-state index in [2.05, 4.69) is 10.3 Å². The number of guanidine groups is 1. The Labute approximate surface area is 141 Å². The number of aliphatic imine (C=N–C) groups is 1. The van der Waals surface area contributed by atoms with Gasteiger partial charge in [-0.1, -0.05) is 30.3 Å². The van der Waals surface area contributed by atoms with E-state index in [4.69, 9.17) is 10.5 Å². The fourth-order valence-corrected chi connectivity index (χ4v) is 1.89. The van der Waals surface area contributed by atoms with Crippen LogP contribution >= 0.6 is 0 Å². The minimum absolute atomic E-state index is 0.0113. The first-order valence-corrected chi connectivity index (χ1v) is 7.58. The third kappa shape index (κ3) is 5.64. The summed E-state index contributed by atoms with van der Waals surface area (Å²) in [5.74, 6) is 0.887. The number of para-hydroxylation sites is 1. The van der Waals surface area contributed by atoms with Crippen LogP contribution in [0.5, 0.6) is 5.75 Å². The molecule has 0 spiro atoms. The lowest BCUT2D eigenvalue weighted by molar-refractivity contribution is -0.130. The smallest absolute Gasteiger partial charge is 0.259 e. The summed E-state index contributed by atoms with van der Waals surface area (Å²) in [5.41, 5.74) is 7.71. The molecule has 0 heterocycles. The van der Waals surface area contributed by atoms with Gasteiger partial charge >= 0.3 is 0 Å². The highest BCUT2D eigenvalue weighted by atomic mass is 16.5. The number of ether oxygens (including phenoxy) is 1. The number of nitrogens with zero attached hydrogens (tertiary/aromatic N) is 2. The number of carbonyl (C=O) groups excluding carboxylic acids is 1. The van der Waals surface area contributed by atoms with Crippen LogP contribution in [-0.4, -0.2) is 37.5 Å². The van der Waals surface area contributed by atoms with Crippen molar-refractivity contribution < 1.29 is 9.53 Å². The number of hydrogen-bond donors (Lipinski definition) is 2. The minimum Gasteiger partial charge on any atom is -0.484 e. The van der Waals surface area contributed by atoms with E-state index in [1.807, 2.05) is 54.6 Å². The molecular formula is C18H22N4O2. The fraction of sp³-hybridized carbons (Fsp3) is 0.222. The zero-order chi connectivity index (χ0) is 17.4. The molecule has 0 atom stereocenters. The average molecular weight is 326 g/mol. The molecule has 0 radical (unpaired) electrons. The van der Waals surface area contributed by atoms with Gasteiger partial charge in [-0.25, -0.2) is 4.99 Å². The van der Waals surface area contributed by atoms with E-state index in [0.29, 0.717) is 18.3 Å². The Bertz CT molecular complexity index is 699. The van der Waals surface area contributed by atoms with Crippen molar-refractivity contribution in [3.63, 3.8) is 0 Å². The average Bonchev–Trinajstić information content (AvgIpc) is 2.59. The molecule has 0 aliphatic rings. The second kappa shape index (κ2) is 8.57. The number of rotatable bonds is 6. The van der Waals surface area contributed by atoms with Crippen LogP contribution in [0, 0.1) is 0 Å². The van der Waals surface area contributed by atoms with Gasteiger partial charge in [0.15, 0.2) is 12.6 Å². The predicted octanol–water partition coefficient (Wildman–Crippen LogP) is 2.08. The molecule has 0 saturated carbocycles. The van der Waals surface area contributed by atoms with Gasteiger partial charge in [-0.3, -0.25) is 4.79 Å². The first kappa shape index (κ1) is 17.3. The summed E-state index contributed by atoms with van der Waals surface area (Å²) in [6.07, 6.45) is 0. The molecule has 0 unspecified atom stereocenters. The largest absolute Gasteiger partial charge is 0.484 e. The van der Waals surface area contributed by atoms with E-state index in [1.54, 1.807) is 14.1 Å². The molecule has 6 heteroatoms. The van der Waals surface area contributed by atoms with Gasteiger partial charge in [0.1, 0.15) is 5.75 Å². The Balaban J connectivity index is 1.91. The van der Waals surface area contributed by atoms with Gasteiger partial charge in [-0.15, -0.1) is 0 Å². The Morgan fingerprint density at radius 2 is 1.92 bits per heavy atom. The number of benzene rings is 2. The second-order valence-corrected chi connectivity index (χ2v) is 5.42. The van der Waals surface area contributed by atoms with Gasteiger partial charge in [0.05, 0.1) is 6.54 Å². The monoisotopic (exact) mass is 326 g/mol. The maximum absolute atomic E-state index is 11.5. The summed E-state index contributed by atoms with van der Waals surface area (Å²) < 4.78 is 5.49. The Hall–Kier alpha value is -3.02. The van der Waals surface area contributed by atoms with Crippen LogP contribution in [0.4, 0.5) is 5.69 Å². The van der Waals surface area contributed by atoms with Crippen LogP contribution in [0.15, 0.2) is 59.6 Å². The number of hydrogen-bond acceptors (Lipinski definition) is 3. The minimum atomic E-state index is -0.0882. The van der Waals surface area contributed by atoms with Crippen molar-refractivity contribution in [2.75, 3.05) is 26.0 Å². The van der Waals surface area contributed by atoms with Crippen molar-refractivity contribution in [1.82, 2.24) is 4.90 Å². The third-order valence-electron chi connectivity index (χ3n) is 3.24. The van der Waals surface area contributed by atoms with Gasteiger partial charge in [0.25, 0.3) is 5.91 Å². The van der Waals surface area contributed by atoms with Crippen LogP contribution in [-0.2, 0) is 11.3 Å². The summed E-state index contributed by atoms with van der Waals surface area (Å²) in [7, 11) is 3.39. The van der Waals surface area contributed by atoms with Crippen molar-refractivity contribution in [3.8, 4) is 5.75 Å². The highest BCUT2D eigenvalue weighted by molar-refractivity contribution is 5.92. The van der Waals surface area contributed by atoms with Crippen LogP contribution < -0.4 is 15.8 Å². The van der Waals surface area contributed by atoms with Crippen LogP contribution in [0.2, 0.25) is 0 Å². The van der Waals surface area contributed by atoms with E-state index in [-0.39, 0.29) is 12.5 Å². The van der Waals surface area contributed by atoms with Gasteiger partial charge < -0.3 is 20.7 Å². The van der Waals surface area contributed by atoms with Crippen molar-refractivity contribution in [1.29, 1.82) is 0 Å². The SMILES string of the molecule is CN(C)C(=O)COc1cccc(CN=C(N)Nc2ccccc2)c1. The maximum atomic E-state index is 11.5. The molecule has 126 valence electrons. The number of likely N-dealkylation sites (N-methyl/N-ethyl adjacent to an activating group) is 1. The van der Waals surface area contributed by atoms with E-state index in [0.717, 1.165) is 11.3 Å². The molecule has 0 bridgehead atoms. The Morgan fingerprint density at radius 3 is 2.62 bits per heavy atom. The molecule has 6 nitrogen and oxygen atoms in total. The van der Waals surface area contributed by atoms with E-state index in [1.165, 1.54) is 4.90 Å². The summed E-state index contributed by atoms with van der Waals surface area (Å²) in [6, 6.07) is 17.1. The number of anilines is 1. The maximum Gasteiger partial charge on any atom is 0.259 e. The zero-order valence-corrected chi connectivity index (χ0v) is 13.9. The highest BCUT2D eigenvalue weighted by Crippen LogP contribution is 2.14. The van der Waals surface area contributed by atoms with Gasteiger partial charge in [0, 0.05) is 19.8 Å². The summed E-state index contributed by atoms with van der Waals surface area (Å²) in [5, 5.41) is 3.03. The summed E-state index contributed by atoms with van der Waals surface area (Å²) in [4.78, 5) is 17.3. The van der Waals surface area contributed by atoms with Crippen molar-refractivity contribution in [2.45, 2.75) is 6.54 Å². The lowest BCUT2D eigenvalue weighted by Crippen LogP contribution is -2.27. The molecule has 1 amide bonds. The van der Waals surface area contributed by atoms with Gasteiger partial charge in [-0.2, -0.15) is 0 Å². The molecular weight excluding hydrogens is 304 g/mol. The molecule has 0 saturated heterocycles. The van der Waals surface area contributed by atoms with Gasteiger partial charge in [-0.05, 0) is 29.8 Å². The normalized spacial score (nSPS) is 11.0. The zero-order valence-electron chi connectivity index (χ0n) is 13.9. The first-order valence-electron chi connectivity index (χ1n) is 7.58. The van der Waals surface area contributed by atoms with Crippen LogP contribution in [0.1, 0.15) is 5.56 Å². The molecule has 0 fully saturated rings. The number of nitrogens with one attached hydrogen (secondary N) is 1. The van der Waals surface area contributed by atoms with E-state index in [9.17, 15) is 4.79 Å². The fourth-order valence-electron chi connectivity index (χ4n) is 1.89. The summed E-state index contributed by atoms with van der Waals surface area (Å²) in [6.45, 7) is 0.432. The Kier molecular flexibility index (Phi) is 6.19. The van der Waals surface area contributed by atoms with E-state index >= 15 is 0 Å². The first-order chi connectivity index (χ1) is 11.5. The topological polar surface area (TPSA) is 80.0 Å². The van der Waals surface area contributed by atoms with Crippen molar-refractivity contribution >= 4 is 17.6 Å². The standard InChI is InChI=1S/C18H22N4O2/c1-22(2)17(23)13-24-16-10-6-7-14(11-16)12-20-18(19)21-15-8-4-3-5-9-15/h3-11H,12-13H2,1-2H3,(H3,19,20,21). The molecule has 2 rings (SSSR count). The molecule has 3 N–H and O–H groups in total. The summed E-state index contributed by atoms with van der Waals surface area (Å²) >= 11 is 0. The quantitative estimate of drug-likeness (QED) is 0.629. The molecule has 0 aliphatic heterocycles. The van der Waals surface area contributed by atoms with Crippen LogP contribution in [0.3, 0.4) is 0 Å². The van der Waals surface area contributed by atoms with Gasteiger partial charge in [0.2, 0.25) is 0 Å². The molecule has 2 aromatic rings. The number of amides is 1. The molecule has 24 heavy (non-hydrogen) atoms. The highest BCUT2D eigenvalue weighted by Gasteiger charge is 2.05. The Morgan fingerprint density at radius 1 is 1.17 bits per heavy atom. The third-order valence-corrected chi connectivity index (χ3v) is 3.24. The van der Waals surface area contributed by atoms with Crippen molar-refractivity contribution in [2.24, 2.45) is 10.7 Å². The van der Waals surface area contributed by atoms with E-state index < -0.39 is 0 Å². The lowest BCUT2D eigenvalue weighted by atomic mass is 10.2. The molecule has 2 aromatic carbocycles. The molecule has 0 aliphatic carbocycles. The van der Waals surface area contributed by atoms with Crippen LogP contribution in [0.25, 0.3) is 0 Å².